The van der Waals surface area contributed by atoms with E-state index in [1.165, 1.54) is 37.1 Å². The molecule has 3 aliphatic heterocycles. The van der Waals surface area contributed by atoms with Crippen LogP contribution < -0.4 is 15.0 Å². The predicted octanol–water partition coefficient (Wildman–Crippen LogP) is 5.50. The first-order chi connectivity index (χ1) is 21.8. The minimum Gasteiger partial charge on any atom is -0.508 e. The van der Waals surface area contributed by atoms with E-state index >= 15 is 4.39 Å². The van der Waals surface area contributed by atoms with Crippen molar-refractivity contribution in [1.82, 2.24) is 25.2 Å². The first kappa shape index (κ1) is 29.6. The fourth-order valence-corrected chi connectivity index (χ4v) is 7.35. The van der Waals surface area contributed by atoms with Gasteiger partial charge in [-0.25, -0.2) is 8.78 Å². The van der Waals surface area contributed by atoms with Gasteiger partial charge < -0.3 is 20.1 Å². The number of hydrogen-bond donors (Lipinski definition) is 2. The van der Waals surface area contributed by atoms with Gasteiger partial charge in [-0.3, -0.25) is 9.88 Å². The molecular formula is C35H38F2N6O2. The minimum atomic E-state index is -0.714. The van der Waals surface area contributed by atoms with Gasteiger partial charge in [0.15, 0.2) is 5.82 Å². The number of ether oxygens (including phenoxy) is 1. The second-order valence-electron chi connectivity index (χ2n) is 13.0. The summed E-state index contributed by atoms with van der Waals surface area (Å²) < 4.78 is 37.6. The van der Waals surface area contributed by atoms with Crippen LogP contribution in [0.3, 0.4) is 0 Å². The number of aromatic hydroxyl groups is 1. The van der Waals surface area contributed by atoms with E-state index in [2.05, 4.69) is 44.9 Å². The van der Waals surface area contributed by atoms with Gasteiger partial charge in [0.05, 0.1) is 10.9 Å². The number of pyridine rings is 1. The maximum Gasteiger partial charge on any atom is 0.319 e. The Balaban J connectivity index is 1.27. The molecule has 10 heteroatoms. The van der Waals surface area contributed by atoms with Gasteiger partial charge in [-0.15, -0.1) is 6.42 Å². The Labute approximate surface area is 261 Å². The molecule has 5 heterocycles. The topological polar surface area (TPSA) is 86.6 Å². The molecule has 4 aromatic rings. The van der Waals surface area contributed by atoms with Crippen molar-refractivity contribution < 1.29 is 18.6 Å². The van der Waals surface area contributed by atoms with Crippen LogP contribution in [0.4, 0.5) is 14.6 Å². The number of terminal acetylenes is 1. The molecule has 0 spiro atoms. The molecule has 3 saturated heterocycles. The van der Waals surface area contributed by atoms with Crippen LogP contribution in [-0.4, -0.2) is 76.4 Å². The van der Waals surface area contributed by atoms with Gasteiger partial charge in [0, 0.05) is 48.9 Å². The van der Waals surface area contributed by atoms with Crippen LogP contribution in [0, 0.1) is 35.8 Å². The van der Waals surface area contributed by atoms with Crippen LogP contribution >= 0.6 is 0 Å². The lowest BCUT2D eigenvalue weighted by molar-refractivity contribution is 0.134. The summed E-state index contributed by atoms with van der Waals surface area (Å²) in [4.78, 5) is 18.4. The normalized spacial score (nSPS) is 20.8. The van der Waals surface area contributed by atoms with Gasteiger partial charge in [-0.1, -0.05) is 25.8 Å². The average molecular weight is 613 g/mol. The van der Waals surface area contributed by atoms with Crippen molar-refractivity contribution in [1.29, 1.82) is 0 Å². The molecule has 0 radical (unpaired) electrons. The summed E-state index contributed by atoms with van der Waals surface area (Å²) in [5, 5.41) is 15.4. The van der Waals surface area contributed by atoms with E-state index in [-0.39, 0.29) is 34.1 Å². The van der Waals surface area contributed by atoms with E-state index < -0.39 is 11.6 Å². The van der Waals surface area contributed by atoms with E-state index in [0.29, 0.717) is 46.6 Å². The Bertz CT molecular complexity index is 1790. The summed E-state index contributed by atoms with van der Waals surface area (Å²) >= 11 is 0. The monoisotopic (exact) mass is 612 g/mol. The zero-order chi connectivity index (χ0) is 31.2. The highest BCUT2D eigenvalue weighted by atomic mass is 19.1. The van der Waals surface area contributed by atoms with Crippen LogP contribution in [-0.2, 0) is 0 Å². The molecule has 3 fully saturated rings. The number of anilines is 1. The molecule has 45 heavy (non-hydrogen) atoms. The number of hydrogen-bond acceptors (Lipinski definition) is 8. The third kappa shape index (κ3) is 5.64. The molecule has 234 valence electrons. The molecule has 8 nitrogen and oxygen atoms in total. The van der Waals surface area contributed by atoms with Gasteiger partial charge in [0.25, 0.3) is 0 Å². The zero-order valence-electron chi connectivity index (χ0n) is 25.7. The summed E-state index contributed by atoms with van der Waals surface area (Å²) in [6, 6.07) is 6.34. The molecule has 0 aliphatic carbocycles. The molecule has 2 aromatic heterocycles. The fraction of sp³-hybridized carbons (Fsp3) is 0.457. The first-order valence-corrected chi connectivity index (χ1v) is 15.9. The van der Waals surface area contributed by atoms with E-state index in [0.717, 1.165) is 51.5 Å². The molecule has 0 amide bonds. The molecule has 2 N–H and O–H groups in total. The van der Waals surface area contributed by atoms with Crippen molar-refractivity contribution in [2.75, 3.05) is 44.2 Å². The number of fused-ring (bicyclic) bond motifs is 4. The Kier molecular flexibility index (Phi) is 7.92. The van der Waals surface area contributed by atoms with Crippen molar-refractivity contribution >= 4 is 27.5 Å². The van der Waals surface area contributed by atoms with Gasteiger partial charge in [-0.2, -0.15) is 9.97 Å². The summed E-state index contributed by atoms with van der Waals surface area (Å²) in [6.45, 7) is 9.22. The van der Waals surface area contributed by atoms with Crippen molar-refractivity contribution in [3.63, 3.8) is 0 Å². The fourth-order valence-electron chi connectivity index (χ4n) is 7.35. The number of rotatable bonds is 7. The summed E-state index contributed by atoms with van der Waals surface area (Å²) in [6.07, 6.45) is 11.8. The van der Waals surface area contributed by atoms with E-state index in [4.69, 9.17) is 16.1 Å². The zero-order valence-corrected chi connectivity index (χ0v) is 25.7. The van der Waals surface area contributed by atoms with Crippen molar-refractivity contribution in [3.05, 3.63) is 47.7 Å². The third-order valence-corrected chi connectivity index (χ3v) is 9.82. The van der Waals surface area contributed by atoms with Crippen molar-refractivity contribution in [2.45, 2.75) is 51.6 Å². The second kappa shape index (κ2) is 12.0. The Morgan fingerprint density at radius 1 is 1.09 bits per heavy atom. The van der Waals surface area contributed by atoms with Gasteiger partial charge in [-0.05, 0) is 74.2 Å². The van der Waals surface area contributed by atoms with Crippen molar-refractivity contribution in [3.8, 4) is 35.4 Å². The van der Waals surface area contributed by atoms with Gasteiger partial charge >= 0.3 is 6.01 Å². The number of benzene rings is 2. The second-order valence-corrected chi connectivity index (χ2v) is 13.0. The lowest BCUT2D eigenvalue weighted by atomic mass is 9.87. The maximum absolute atomic E-state index is 16.7. The van der Waals surface area contributed by atoms with Crippen LogP contribution in [0.15, 0.2) is 30.5 Å². The van der Waals surface area contributed by atoms with Crippen molar-refractivity contribution in [2.24, 2.45) is 11.8 Å². The standard InChI is InChI=1S/C35H38F2N6O2/c1-4-26-29(36)8-5-22-15-25(44)16-27(30(22)26)32-31(37)33-28(17-38-32)34(43-18-23-6-7-24(19-43)39-23)41-35(40-33)45-14-13-42-11-9-21(10-12-42)20(2)3/h1,5,8,15-17,20-21,23-24,39,44H,6-7,9-14,18-19H2,2-3H3. The van der Waals surface area contributed by atoms with E-state index in [9.17, 15) is 9.50 Å². The largest absolute Gasteiger partial charge is 0.508 e. The number of nitrogens with zero attached hydrogens (tertiary/aromatic N) is 5. The Hall–Kier alpha value is -4.07. The summed E-state index contributed by atoms with van der Waals surface area (Å²) in [7, 11) is 0. The van der Waals surface area contributed by atoms with Crippen LogP contribution in [0.2, 0.25) is 0 Å². The number of halogens is 2. The number of likely N-dealkylation sites (tertiary alicyclic amines) is 1. The number of nitrogens with one attached hydrogen (secondary N) is 1. The molecule has 2 atom stereocenters. The molecule has 2 bridgehead atoms. The quantitative estimate of drug-likeness (QED) is 0.265. The predicted molar refractivity (Wildman–Crippen MR) is 171 cm³/mol. The number of phenolic OH excluding ortho intramolecular Hbond substituents is 1. The Morgan fingerprint density at radius 2 is 1.84 bits per heavy atom. The van der Waals surface area contributed by atoms with Gasteiger partial charge in [0.1, 0.15) is 35.2 Å². The molecule has 2 aromatic carbocycles. The number of aromatic nitrogens is 3. The van der Waals surface area contributed by atoms with E-state index in [1.54, 1.807) is 6.20 Å². The van der Waals surface area contributed by atoms with Crippen LogP contribution in [0.5, 0.6) is 11.8 Å². The number of phenols is 1. The smallest absolute Gasteiger partial charge is 0.319 e. The minimum absolute atomic E-state index is 0.0232. The molecule has 3 aliphatic rings. The number of piperazine rings is 1. The lowest BCUT2D eigenvalue weighted by Crippen LogP contribution is -2.51. The van der Waals surface area contributed by atoms with Crippen LogP contribution in [0.25, 0.3) is 32.9 Å². The maximum atomic E-state index is 16.7. The average Bonchev–Trinajstić information content (AvgIpc) is 3.38. The van der Waals surface area contributed by atoms with Crippen LogP contribution in [0.1, 0.15) is 45.1 Å². The molecule has 7 rings (SSSR count). The van der Waals surface area contributed by atoms with Gasteiger partial charge in [0.2, 0.25) is 0 Å². The molecular weight excluding hydrogens is 574 g/mol. The molecule has 0 saturated carbocycles. The van der Waals surface area contributed by atoms with E-state index in [1.807, 2.05) is 0 Å². The highest BCUT2D eigenvalue weighted by molar-refractivity contribution is 6.03. The highest BCUT2D eigenvalue weighted by Crippen LogP contribution is 2.39. The summed E-state index contributed by atoms with van der Waals surface area (Å²) in [5.74, 6) is 2.98. The first-order valence-electron chi connectivity index (χ1n) is 15.9. The highest BCUT2D eigenvalue weighted by Gasteiger charge is 2.34. The molecule has 2 unspecified atom stereocenters. The Morgan fingerprint density at radius 3 is 2.56 bits per heavy atom. The summed E-state index contributed by atoms with van der Waals surface area (Å²) in [5.41, 5.74) is 0.127. The third-order valence-electron chi connectivity index (χ3n) is 9.82. The SMILES string of the molecule is C#Cc1c(F)ccc2cc(O)cc(-c3ncc4c(N5CC6CCC(C5)N6)nc(OCCN5CCC(C(C)C)CC5)nc4c3F)c12. The lowest BCUT2D eigenvalue weighted by Gasteiger charge is -2.34. The number of piperidine rings is 1.